The lowest BCUT2D eigenvalue weighted by atomic mass is 9.67. The van der Waals surface area contributed by atoms with E-state index in [0.29, 0.717) is 36.0 Å². The second-order valence-corrected chi connectivity index (χ2v) is 7.72. The smallest absolute Gasteiger partial charge is 0.162 e. The number of hydrogen-bond donors (Lipinski definition) is 2. The average molecular weight is 291 g/mol. The number of carbonyl (C=O) groups excluding carboxylic acids is 1. The molecule has 21 heavy (non-hydrogen) atoms. The van der Waals surface area contributed by atoms with Crippen LogP contribution >= 0.6 is 0 Å². The van der Waals surface area contributed by atoms with E-state index >= 15 is 0 Å². The van der Waals surface area contributed by atoms with Crippen LogP contribution in [0, 0.1) is 17.8 Å². The van der Waals surface area contributed by atoms with Gasteiger partial charge in [-0.3, -0.25) is 4.79 Å². The fraction of sp³-hybridized carbons (Fsp3) is 0.833. The molecule has 2 saturated carbocycles. The van der Waals surface area contributed by atoms with E-state index in [1.54, 1.807) is 6.92 Å². The van der Waals surface area contributed by atoms with Gasteiger partial charge in [0.15, 0.2) is 5.78 Å². The van der Waals surface area contributed by atoms with E-state index in [-0.39, 0.29) is 11.3 Å². The van der Waals surface area contributed by atoms with Crippen molar-refractivity contribution in [2.45, 2.75) is 76.7 Å². The van der Waals surface area contributed by atoms with Crippen molar-refractivity contribution in [1.29, 1.82) is 0 Å². The average Bonchev–Trinajstić information content (AvgIpc) is 2.56. The van der Waals surface area contributed by atoms with Gasteiger partial charge in [0, 0.05) is 24.0 Å². The number of Topliss-reactive ketones (excluding diaryl/α,β-unsaturated/α-hetero) is 1. The molecule has 0 aromatic heterocycles. The number of aliphatic hydroxyl groups excluding tert-OH is 1. The Kier molecular flexibility index (Phi) is 4.13. The summed E-state index contributed by atoms with van der Waals surface area (Å²) in [5, 5.41) is 9.99. The molecule has 3 atom stereocenters. The first-order valence-electron chi connectivity index (χ1n) is 8.70. The van der Waals surface area contributed by atoms with Crippen LogP contribution in [0.2, 0.25) is 0 Å². The van der Waals surface area contributed by atoms with Crippen LogP contribution in [-0.2, 0) is 4.79 Å². The summed E-state index contributed by atoms with van der Waals surface area (Å²) in [7, 11) is 0. The topological polar surface area (TPSA) is 63.3 Å². The van der Waals surface area contributed by atoms with E-state index in [0.717, 1.165) is 25.2 Å². The molecule has 0 saturated heterocycles. The quantitative estimate of drug-likeness (QED) is 0.759. The lowest BCUT2D eigenvalue weighted by molar-refractivity contribution is -0.117. The van der Waals surface area contributed by atoms with Gasteiger partial charge in [-0.05, 0) is 56.8 Å². The number of hydrogen-bond acceptors (Lipinski definition) is 3. The maximum absolute atomic E-state index is 12.0. The van der Waals surface area contributed by atoms with Gasteiger partial charge in [-0.2, -0.15) is 0 Å². The van der Waals surface area contributed by atoms with Gasteiger partial charge in [0.25, 0.3) is 0 Å². The number of rotatable bonds is 2. The van der Waals surface area contributed by atoms with Gasteiger partial charge in [0.05, 0.1) is 5.76 Å². The Morgan fingerprint density at radius 1 is 1.05 bits per heavy atom. The fourth-order valence-electron chi connectivity index (χ4n) is 4.64. The molecule has 3 heteroatoms. The van der Waals surface area contributed by atoms with Crippen molar-refractivity contribution in [2.24, 2.45) is 23.5 Å². The summed E-state index contributed by atoms with van der Waals surface area (Å²) < 4.78 is 0. The van der Waals surface area contributed by atoms with Crippen LogP contribution < -0.4 is 5.73 Å². The Hall–Kier alpha value is -0.830. The van der Waals surface area contributed by atoms with Gasteiger partial charge >= 0.3 is 0 Å². The molecule has 3 rings (SSSR count). The van der Waals surface area contributed by atoms with Gasteiger partial charge in [0.1, 0.15) is 0 Å². The number of ketones is 1. The van der Waals surface area contributed by atoms with Crippen molar-refractivity contribution < 1.29 is 9.90 Å². The molecule has 2 fully saturated rings. The first kappa shape index (κ1) is 15.1. The highest BCUT2D eigenvalue weighted by molar-refractivity contribution is 5.96. The molecule has 0 aliphatic heterocycles. The Morgan fingerprint density at radius 3 is 2.43 bits per heavy atom. The highest BCUT2D eigenvalue weighted by Gasteiger charge is 2.41. The highest BCUT2D eigenvalue weighted by Crippen LogP contribution is 2.45. The van der Waals surface area contributed by atoms with Crippen LogP contribution in [-0.4, -0.2) is 16.4 Å². The molecule has 3 N–H and O–H groups in total. The van der Waals surface area contributed by atoms with Gasteiger partial charge in [-0.15, -0.1) is 0 Å². The van der Waals surface area contributed by atoms with Crippen molar-refractivity contribution in [3.05, 3.63) is 11.3 Å². The van der Waals surface area contributed by atoms with Gasteiger partial charge in [0.2, 0.25) is 0 Å². The van der Waals surface area contributed by atoms with Crippen LogP contribution in [0.4, 0.5) is 0 Å². The Bertz CT molecular complexity index is 452. The summed E-state index contributed by atoms with van der Waals surface area (Å²) in [6.45, 7) is 1.75. The van der Waals surface area contributed by atoms with Gasteiger partial charge < -0.3 is 10.8 Å². The lowest BCUT2D eigenvalue weighted by Gasteiger charge is -2.42. The normalized spacial score (nSPS) is 39.0. The molecule has 0 aromatic rings. The summed E-state index contributed by atoms with van der Waals surface area (Å²) in [5.74, 6) is 2.11. The number of allylic oxidation sites excluding steroid dienone is 2. The minimum absolute atomic E-state index is 0.0550. The van der Waals surface area contributed by atoms with Crippen molar-refractivity contribution >= 4 is 5.78 Å². The molecule has 3 aliphatic carbocycles. The van der Waals surface area contributed by atoms with Crippen molar-refractivity contribution in [1.82, 2.24) is 0 Å². The van der Waals surface area contributed by atoms with Gasteiger partial charge in [-0.1, -0.05) is 19.3 Å². The maximum atomic E-state index is 12.0. The molecule has 0 spiro atoms. The van der Waals surface area contributed by atoms with Gasteiger partial charge in [-0.25, -0.2) is 0 Å². The number of nitrogens with two attached hydrogens (primary N) is 1. The molecule has 0 radical (unpaired) electrons. The van der Waals surface area contributed by atoms with E-state index in [4.69, 9.17) is 5.73 Å². The number of carbonyl (C=O) groups is 1. The summed E-state index contributed by atoms with van der Waals surface area (Å²) in [6, 6.07) is 0. The van der Waals surface area contributed by atoms with E-state index in [2.05, 4.69) is 0 Å². The molecule has 3 unspecified atom stereocenters. The minimum atomic E-state index is 0.0550. The van der Waals surface area contributed by atoms with Crippen molar-refractivity contribution in [2.75, 3.05) is 0 Å². The molecule has 0 aromatic carbocycles. The third kappa shape index (κ3) is 2.90. The summed E-state index contributed by atoms with van der Waals surface area (Å²) in [4.78, 5) is 12.0. The van der Waals surface area contributed by atoms with Crippen LogP contribution in [0.15, 0.2) is 11.3 Å². The molecular formula is C18H29NO2. The van der Waals surface area contributed by atoms with Crippen LogP contribution in [0.3, 0.4) is 0 Å². The third-order valence-corrected chi connectivity index (χ3v) is 6.54. The first-order valence-corrected chi connectivity index (χ1v) is 8.70. The van der Waals surface area contributed by atoms with Crippen LogP contribution in [0.25, 0.3) is 0 Å². The Balaban J connectivity index is 1.64. The second kappa shape index (κ2) is 5.75. The zero-order valence-corrected chi connectivity index (χ0v) is 13.2. The molecule has 0 heterocycles. The monoisotopic (exact) mass is 291 g/mol. The summed E-state index contributed by atoms with van der Waals surface area (Å²) in [6.07, 6.45) is 11.1. The van der Waals surface area contributed by atoms with Crippen LogP contribution in [0.5, 0.6) is 0 Å². The van der Waals surface area contributed by atoms with Crippen LogP contribution in [0.1, 0.15) is 71.1 Å². The number of aliphatic hydroxyl groups is 1. The minimum Gasteiger partial charge on any atom is -0.512 e. The summed E-state index contributed by atoms with van der Waals surface area (Å²) >= 11 is 0. The van der Waals surface area contributed by atoms with Crippen molar-refractivity contribution in [3.63, 3.8) is 0 Å². The maximum Gasteiger partial charge on any atom is 0.162 e. The standard InChI is InChI=1S/C18H29NO2/c1-12-16(20)10-14(11-17(12)21)13-4-3-8-18(19,9-7-13)15-5-2-6-15/h13-15,20H,2-11,19H2,1H3. The SMILES string of the molecule is CC1=C(O)CC(C2CCCC(N)(C3CCC3)CC2)CC1=O. The van der Waals surface area contributed by atoms with E-state index in [9.17, 15) is 9.90 Å². The first-order chi connectivity index (χ1) is 9.99. The zero-order chi connectivity index (χ0) is 15.0. The van der Waals surface area contributed by atoms with E-state index < -0.39 is 0 Å². The predicted molar refractivity (Wildman–Crippen MR) is 83.9 cm³/mol. The molecule has 3 nitrogen and oxygen atoms in total. The summed E-state index contributed by atoms with van der Waals surface area (Å²) in [5.41, 5.74) is 7.35. The second-order valence-electron chi connectivity index (χ2n) is 7.72. The lowest BCUT2D eigenvalue weighted by Crippen LogP contribution is -2.49. The Labute approximate surface area is 128 Å². The molecule has 3 aliphatic rings. The third-order valence-electron chi connectivity index (χ3n) is 6.54. The highest BCUT2D eigenvalue weighted by atomic mass is 16.3. The fourth-order valence-corrected chi connectivity index (χ4v) is 4.64. The predicted octanol–water partition coefficient (Wildman–Crippen LogP) is 3.88. The molecular weight excluding hydrogens is 262 g/mol. The molecule has 0 amide bonds. The molecule has 118 valence electrons. The Morgan fingerprint density at radius 2 is 1.81 bits per heavy atom. The zero-order valence-electron chi connectivity index (χ0n) is 13.2. The largest absolute Gasteiger partial charge is 0.512 e. The van der Waals surface area contributed by atoms with E-state index in [1.807, 2.05) is 0 Å². The van der Waals surface area contributed by atoms with E-state index in [1.165, 1.54) is 32.1 Å². The van der Waals surface area contributed by atoms with Crippen molar-refractivity contribution in [3.8, 4) is 0 Å². The molecule has 0 bridgehead atoms.